The summed E-state index contributed by atoms with van der Waals surface area (Å²) in [5, 5.41) is 18.3. The summed E-state index contributed by atoms with van der Waals surface area (Å²) in [4.78, 5) is 0. The number of hydrogen-bond acceptors (Lipinski definition) is 2. The number of rotatable bonds is 2. The van der Waals surface area contributed by atoms with E-state index in [-0.39, 0.29) is 0 Å². The maximum atomic E-state index is 8.92. The third-order valence-electron chi connectivity index (χ3n) is 2.35. The first-order chi connectivity index (χ1) is 6.18. The van der Waals surface area contributed by atoms with Gasteiger partial charge in [-0.1, -0.05) is 23.7 Å². The van der Waals surface area contributed by atoms with E-state index in [9.17, 15) is 0 Å². The van der Waals surface area contributed by atoms with Gasteiger partial charge in [-0.05, 0) is 30.4 Å². The van der Waals surface area contributed by atoms with Gasteiger partial charge in [-0.25, -0.2) is 0 Å². The van der Waals surface area contributed by atoms with Crippen molar-refractivity contribution in [2.24, 2.45) is 0 Å². The minimum atomic E-state index is -1.47. The minimum Gasteiger partial charge on any atom is -0.423 e. The van der Waals surface area contributed by atoms with Gasteiger partial charge in [0.1, 0.15) is 0 Å². The predicted molar refractivity (Wildman–Crippen MR) is 53.3 cm³/mol. The molecule has 2 nitrogen and oxygen atoms in total. The normalized spacial score (nSPS) is 15.9. The van der Waals surface area contributed by atoms with Crippen molar-refractivity contribution in [3.05, 3.63) is 28.8 Å². The summed E-state index contributed by atoms with van der Waals surface area (Å²) in [5.74, 6) is 0.641. The summed E-state index contributed by atoms with van der Waals surface area (Å²) < 4.78 is 0. The summed E-state index contributed by atoms with van der Waals surface area (Å²) in [6, 6.07) is 5.42. The standard InChI is InChI=1S/C9H10BClO2/c11-9-5-7(6-1-2-6)3-4-8(9)10(12)13/h3-6,12-13H,1-2H2. The van der Waals surface area contributed by atoms with Gasteiger partial charge in [-0.15, -0.1) is 0 Å². The molecule has 0 spiro atoms. The van der Waals surface area contributed by atoms with Gasteiger partial charge in [0.15, 0.2) is 0 Å². The van der Waals surface area contributed by atoms with Crippen LogP contribution >= 0.6 is 11.6 Å². The molecule has 0 saturated heterocycles. The van der Waals surface area contributed by atoms with Gasteiger partial charge in [0, 0.05) is 10.5 Å². The fourth-order valence-corrected chi connectivity index (χ4v) is 1.71. The Morgan fingerprint density at radius 1 is 1.31 bits per heavy atom. The van der Waals surface area contributed by atoms with Crippen LogP contribution in [0.15, 0.2) is 18.2 Å². The van der Waals surface area contributed by atoms with Crippen molar-refractivity contribution in [3.63, 3.8) is 0 Å². The van der Waals surface area contributed by atoms with E-state index >= 15 is 0 Å². The Bertz CT molecular complexity index is 323. The average molecular weight is 196 g/mol. The fraction of sp³-hybridized carbons (Fsp3) is 0.333. The van der Waals surface area contributed by atoms with E-state index in [1.807, 2.05) is 12.1 Å². The zero-order valence-electron chi connectivity index (χ0n) is 7.07. The van der Waals surface area contributed by atoms with Crippen molar-refractivity contribution in [1.82, 2.24) is 0 Å². The Morgan fingerprint density at radius 2 is 2.00 bits per heavy atom. The number of halogens is 1. The maximum Gasteiger partial charge on any atom is 0.489 e. The van der Waals surface area contributed by atoms with E-state index in [4.69, 9.17) is 21.6 Å². The van der Waals surface area contributed by atoms with Crippen LogP contribution in [0.5, 0.6) is 0 Å². The van der Waals surface area contributed by atoms with Crippen LogP contribution < -0.4 is 5.46 Å². The molecule has 0 aromatic heterocycles. The lowest BCUT2D eigenvalue weighted by Gasteiger charge is -2.04. The lowest BCUT2D eigenvalue weighted by Crippen LogP contribution is -2.30. The average Bonchev–Trinajstić information content (AvgIpc) is 2.85. The zero-order chi connectivity index (χ0) is 9.42. The molecule has 0 radical (unpaired) electrons. The van der Waals surface area contributed by atoms with Gasteiger partial charge in [0.2, 0.25) is 0 Å². The molecule has 0 amide bonds. The van der Waals surface area contributed by atoms with E-state index in [0.717, 1.165) is 0 Å². The van der Waals surface area contributed by atoms with Crippen LogP contribution in [-0.4, -0.2) is 17.2 Å². The molecule has 2 rings (SSSR count). The molecule has 1 aliphatic rings. The minimum absolute atomic E-state index is 0.381. The largest absolute Gasteiger partial charge is 0.489 e. The van der Waals surface area contributed by atoms with Crippen molar-refractivity contribution >= 4 is 24.2 Å². The first kappa shape index (κ1) is 9.07. The van der Waals surface area contributed by atoms with Gasteiger partial charge in [-0.2, -0.15) is 0 Å². The first-order valence-electron chi connectivity index (χ1n) is 4.34. The monoisotopic (exact) mass is 196 g/mol. The molecule has 0 bridgehead atoms. The van der Waals surface area contributed by atoms with Crippen molar-refractivity contribution in [2.75, 3.05) is 0 Å². The summed E-state index contributed by atoms with van der Waals surface area (Å²) >= 11 is 5.88. The predicted octanol–water partition coefficient (Wildman–Crippen LogP) is 0.897. The molecule has 2 N–H and O–H groups in total. The Hall–Kier alpha value is -0.505. The smallest absolute Gasteiger partial charge is 0.423 e. The van der Waals surface area contributed by atoms with Gasteiger partial charge in [0.05, 0.1) is 0 Å². The van der Waals surface area contributed by atoms with Crippen LogP contribution in [0.4, 0.5) is 0 Å². The van der Waals surface area contributed by atoms with Crippen LogP contribution in [0, 0.1) is 0 Å². The van der Waals surface area contributed by atoms with E-state index in [1.165, 1.54) is 18.4 Å². The number of hydrogen-bond donors (Lipinski definition) is 2. The third-order valence-corrected chi connectivity index (χ3v) is 2.68. The molecule has 1 saturated carbocycles. The summed E-state index contributed by atoms with van der Waals surface area (Å²) in [5.41, 5.74) is 1.58. The van der Waals surface area contributed by atoms with Crippen LogP contribution in [0.1, 0.15) is 24.3 Å². The van der Waals surface area contributed by atoms with Crippen LogP contribution in [0.2, 0.25) is 5.02 Å². The molecule has 13 heavy (non-hydrogen) atoms. The highest BCUT2D eigenvalue weighted by molar-refractivity contribution is 6.62. The summed E-state index contributed by atoms with van der Waals surface area (Å²) in [7, 11) is -1.47. The third kappa shape index (κ3) is 1.88. The van der Waals surface area contributed by atoms with E-state index in [1.54, 1.807) is 6.07 Å². The molecule has 68 valence electrons. The van der Waals surface area contributed by atoms with E-state index < -0.39 is 7.12 Å². The second-order valence-corrected chi connectivity index (χ2v) is 3.84. The Labute approximate surface area is 82.3 Å². The molecule has 0 aliphatic heterocycles. The highest BCUT2D eigenvalue weighted by Gasteiger charge is 2.25. The molecule has 1 aliphatic carbocycles. The number of benzene rings is 1. The highest BCUT2D eigenvalue weighted by Crippen LogP contribution is 2.40. The van der Waals surface area contributed by atoms with Gasteiger partial charge >= 0.3 is 7.12 Å². The molecule has 1 fully saturated rings. The molecular formula is C9H10BClO2. The Morgan fingerprint density at radius 3 is 2.46 bits per heavy atom. The summed E-state index contributed by atoms with van der Waals surface area (Å²) in [6.45, 7) is 0. The second kappa shape index (κ2) is 3.33. The highest BCUT2D eigenvalue weighted by atomic mass is 35.5. The second-order valence-electron chi connectivity index (χ2n) is 3.43. The Balaban J connectivity index is 2.31. The van der Waals surface area contributed by atoms with Gasteiger partial charge < -0.3 is 10.0 Å². The van der Waals surface area contributed by atoms with E-state index in [2.05, 4.69) is 0 Å². The molecule has 0 heterocycles. The van der Waals surface area contributed by atoms with Crippen LogP contribution in [0.25, 0.3) is 0 Å². The van der Waals surface area contributed by atoms with Crippen molar-refractivity contribution < 1.29 is 10.0 Å². The Kier molecular flexibility index (Phi) is 2.32. The molecule has 4 heteroatoms. The molecule has 0 unspecified atom stereocenters. The lowest BCUT2D eigenvalue weighted by atomic mass is 9.80. The molecule has 1 aromatic rings. The first-order valence-corrected chi connectivity index (χ1v) is 4.72. The fourth-order valence-electron chi connectivity index (χ4n) is 1.42. The molecule has 1 aromatic carbocycles. The quantitative estimate of drug-likeness (QED) is 0.690. The summed E-state index contributed by atoms with van der Waals surface area (Å²) in [6.07, 6.45) is 2.44. The van der Waals surface area contributed by atoms with Gasteiger partial charge in [-0.3, -0.25) is 0 Å². The van der Waals surface area contributed by atoms with Crippen molar-refractivity contribution in [2.45, 2.75) is 18.8 Å². The molecular weight excluding hydrogens is 186 g/mol. The topological polar surface area (TPSA) is 40.5 Å². The molecule has 0 atom stereocenters. The zero-order valence-corrected chi connectivity index (χ0v) is 7.83. The van der Waals surface area contributed by atoms with Crippen molar-refractivity contribution in [3.8, 4) is 0 Å². The van der Waals surface area contributed by atoms with Crippen LogP contribution in [0.3, 0.4) is 0 Å². The SMILES string of the molecule is OB(O)c1ccc(C2CC2)cc1Cl. The van der Waals surface area contributed by atoms with E-state index in [0.29, 0.717) is 16.4 Å². The lowest BCUT2D eigenvalue weighted by molar-refractivity contribution is 0.426. The van der Waals surface area contributed by atoms with Gasteiger partial charge in [0.25, 0.3) is 0 Å². The maximum absolute atomic E-state index is 8.92. The van der Waals surface area contributed by atoms with Crippen LogP contribution in [-0.2, 0) is 0 Å². The van der Waals surface area contributed by atoms with Crippen molar-refractivity contribution in [1.29, 1.82) is 0 Å².